The van der Waals surface area contributed by atoms with Crippen LogP contribution in [0.4, 0.5) is 0 Å². The SMILES string of the molecule is C=C/C=C(\C=C/C)CN=C.[B]c1c(O)c(O)c2sc3c4ccccc4c4c(c3c2c1O)c1c2ccccc2ccc1n4-c1ccc(C(N=C)=NCC2=CCCC=C2)cc1. The highest BCUT2D eigenvalue weighted by Crippen LogP contribution is 2.53. The minimum Gasteiger partial charge on any atom is -0.508 e. The summed E-state index contributed by atoms with van der Waals surface area (Å²) in [5.74, 6) is -0.513. The van der Waals surface area contributed by atoms with Crippen LogP contribution < -0.4 is 5.46 Å². The molecule has 0 fully saturated rings. The zero-order chi connectivity index (χ0) is 41.2. The van der Waals surface area contributed by atoms with Crippen molar-refractivity contribution in [3.8, 4) is 22.9 Å². The van der Waals surface area contributed by atoms with Gasteiger partial charge in [0.2, 0.25) is 0 Å². The molecular weight excluding hydrogens is 747 g/mol. The molecular formula is C50H41BN4O3S. The zero-order valence-corrected chi connectivity index (χ0v) is 33.5. The van der Waals surface area contributed by atoms with Gasteiger partial charge >= 0.3 is 0 Å². The lowest BCUT2D eigenvalue weighted by Gasteiger charge is -2.12. The minimum absolute atomic E-state index is 0.248. The van der Waals surface area contributed by atoms with Gasteiger partial charge in [-0.3, -0.25) is 9.98 Å². The first-order chi connectivity index (χ1) is 28.8. The Labute approximate surface area is 347 Å². The van der Waals surface area contributed by atoms with E-state index in [1.807, 2.05) is 61.5 Å². The summed E-state index contributed by atoms with van der Waals surface area (Å²) in [6.45, 7) is 14.0. The third-order valence-electron chi connectivity index (χ3n) is 10.7. The lowest BCUT2D eigenvalue weighted by Crippen LogP contribution is -2.03. The van der Waals surface area contributed by atoms with Gasteiger partial charge < -0.3 is 19.9 Å². The van der Waals surface area contributed by atoms with Crippen molar-refractivity contribution in [1.29, 1.82) is 0 Å². The number of nitrogens with zero attached hydrogens (tertiary/aromatic N) is 4. The molecule has 3 N–H and O–H groups in total. The van der Waals surface area contributed by atoms with Gasteiger partial charge in [-0.15, -0.1) is 11.3 Å². The van der Waals surface area contributed by atoms with E-state index in [9.17, 15) is 15.3 Å². The number of phenolic OH excluding ortho intramolecular Hbond substituents is 3. The summed E-state index contributed by atoms with van der Waals surface area (Å²) < 4.78 is 3.53. The molecule has 9 rings (SSSR count). The standard InChI is InChI=1S/C41H28BN3O3S.C9H13N/c1-43-41(44-21-22-9-3-2-4-10-22)24-15-18-25(19-16-24)45-29-20-17-23-11-5-6-12-26(23)30(29)31-32-33-36(46)34(42)37(47)38(48)40(33)49-39(32)28-14-8-7-13-27(28)35(31)45;1-4-6-9(7-5-2)8-10-3/h3,5-20,46-48H,1-2,4,21H2;4-7H,1,3,8H2,2H3/b;7-5-,9-6+. The number of benzene rings is 6. The average Bonchev–Trinajstić information content (AvgIpc) is 3.84. The Bertz CT molecular complexity index is 3160. The van der Waals surface area contributed by atoms with Crippen LogP contribution in [-0.4, -0.2) is 60.1 Å². The van der Waals surface area contributed by atoms with Crippen LogP contribution in [0.5, 0.6) is 17.2 Å². The lowest BCUT2D eigenvalue weighted by atomic mass is 9.89. The van der Waals surface area contributed by atoms with E-state index in [1.54, 1.807) is 6.08 Å². The Morgan fingerprint density at radius 1 is 0.814 bits per heavy atom. The molecule has 2 heterocycles. The Kier molecular flexibility index (Phi) is 10.9. The van der Waals surface area contributed by atoms with E-state index in [0.717, 1.165) is 83.1 Å². The quantitative estimate of drug-likeness (QED) is 0.0357. The highest BCUT2D eigenvalue weighted by molar-refractivity contribution is 7.27. The summed E-state index contributed by atoms with van der Waals surface area (Å²) in [5, 5.41) is 40.5. The molecule has 6 aromatic carbocycles. The first kappa shape index (κ1) is 38.9. The second-order valence-corrected chi connectivity index (χ2v) is 15.2. The fraction of sp³-hybridized carbons (Fsp3) is 0.100. The molecule has 1 aliphatic rings. The Morgan fingerprint density at radius 3 is 2.25 bits per heavy atom. The Hall–Kier alpha value is -6.97. The largest absolute Gasteiger partial charge is 0.508 e. The predicted molar refractivity (Wildman–Crippen MR) is 254 cm³/mol. The second-order valence-electron chi connectivity index (χ2n) is 14.2. The van der Waals surface area contributed by atoms with Crippen LogP contribution in [-0.2, 0) is 0 Å². The van der Waals surface area contributed by atoms with Gasteiger partial charge in [-0.2, -0.15) is 0 Å². The smallest absolute Gasteiger partial charge is 0.175 e. The normalized spacial score (nSPS) is 13.5. The van der Waals surface area contributed by atoms with Gasteiger partial charge in [0, 0.05) is 48.3 Å². The minimum atomic E-state index is -0.520. The number of fused-ring (bicyclic) bond motifs is 12. The number of aromatic hydroxyl groups is 3. The topological polar surface area (TPSA) is 103 Å². The van der Waals surface area contributed by atoms with Crippen molar-refractivity contribution in [2.24, 2.45) is 15.0 Å². The molecule has 0 bridgehead atoms. The number of hydrogen-bond acceptors (Lipinski definition) is 6. The lowest BCUT2D eigenvalue weighted by molar-refractivity contribution is 0.407. The molecule has 2 radical (unpaired) electrons. The van der Waals surface area contributed by atoms with Crippen LogP contribution in [0.15, 0.2) is 160 Å². The molecule has 288 valence electrons. The van der Waals surface area contributed by atoms with E-state index in [2.05, 4.69) is 101 Å². The van der Waals surface area contributed by atoms with Gasteiger partial charge in [-0.05, 0) is 90.9 Å². The summed E-state index contributed by atoms with van der Waals surface area (Å²) >= 11 is 1.34. The predicted octanol–water partition coefficient (Wildman–Crippen LogP) is 11.5. The van der Waals surface area contributed by atoms with E-state index in [4.69, 9.17) is 12.8 Å². The van der Waals surface area contributed by atoms with E-state index >= 15 is 0 Å². The summed E-state index contributed by atoms with van der Waals surface area (Å²) in [5.41, 5.74) is 5.81. The number of aliphatic imine (C=N–C) groups is 3. The molecule has 1 aliphatic carbocycles. The first-order valence-corrected chi connectivity index (χ1v) is 20.1. The van der Waals surface area contributed by atoms with E-state index in [-0.39, 0.29) is 17.0 Å². The Morgan fingerprint density at radius 2 is 1.56 bits per heavy atom. The maximum atomic E-state index is 11.5. The molecule has 2 aromatic heterocycles. The average molecular weight is 789 g/mol. The van der Waals surface area contributed by atoms with Crippen molar-refractivity contribution in [2.75, 3.05) is 13.1 Å². The van der Waals surface area contributed by atoms with Crippen LogP contribution in [0.25, 0.3) is 69.2 Å². The molecule has 0 atom stereocenters. The summed E-state index contributed by atoms with van der Waals surface area (Å²) in [7, 11) is 6.18. The molecule has 0 spiro atoms. The van der Waals surface area contributed by atoms with Crippen molar-refractivity contribution >= 4 is 107 Å². The number of phenols is 3. The number of aromatic nitrogens is 1. The van der Waals surface area contributed by atoms with Crippen LogP contribution in [0.2, 0.25) is 0 Å². The van der Waals surface area contributed by atoms with Crippen LogP contribution in [0, 0.1) is 0 Å². The highest BCUT2D eigenvalue weighted by atomic mass is 32.1. The van der Waals surface area contributed by atoms with E-state index in [0.29, 0.717) is 29.0 Å². The molecule has 8 aromatic rings. The monoisotopic (exact) mass is 788 g/mol. The highest BCUT2D eigenvalue weighted by Gasteiger charge is 2.27. The van der Waals surface area contributed by atoms with E-state index < -0.39 is 5.75 Å². The maximum Gasteiger partial charge on any atom is 0.175 e. The third-order valence-corrected chi connectivity index (χ3v) is 11.9. The molecule has 59 heavy (non-hydrogen) atoms. The first-order valence-electron chi connectivity index (χ1n) is 19.3. The summed E-state index contributed by atoms with van der Waals surface area (Å²) in [6, 6.07) is 28.9. The molecule has 0 unspecified atom stereocenters. The maximum absolute atomic E-state index is 11.5. The van der Waals surface area contributed by atoms with Crippen molar-refractivity contribution in [2.45, 2.75) is 19.8 Å². The van der Waals surface area contributed by atoms with E-state index in [1.165, 1.54) is 16.9 Å². The number of rotatable bonds is 8. The summed E-state index contributed by atoms with van der Waals surface area (Å²) in [6.07, 6.45) is 16.2. The van der Waals surface area contributed by atoms with Gasteiger partial charge in [0.15, 0.2) is 17.3 Å². The van der Waals surface area contributed by atoms with Crippen molar-refractivity contribution in [3.05, 3.63) is 151 Å². The molecule has 0 amide bonds. The van der Waals surface area contributed by atoms with Crippen LogP contribution in [0.3, 0.4) is 0 Å². The molecule has 0 saturated carbocycles. The van der Waals surface area contributed by atoms with Gasteiger partial charge in [0.25, 0.3) is 0 Å². The molecule has 9 heteroatoms. The second kappa shape index (κ2) is 16.5. The van der Waals surface area contributed by atoms with Gasteiger partial charge in [0.05, 0.1) is 28.8 Å². The van der Waals surface area contributed by atoms with Gasteiger partial charge in [0.1, 0.15) is 13.6 Å². The van der Waals surface area contributed by atoms with Gasteiger partial charge in [-0.1, -0.05) is 104 Å². The number of amidine groups is 1. The summed E-state index contributed by atoms with van der Waals surface area (Å²) in [4.78, 5) is 12.8. The Balaban J connectivity index is 0.000000431. The molecule has 0 saturated heterocycles. The van der Waals surface area contributed by atoms with Gasteiger partial charge in [-0.25, -0.2) is 4.99 Å². The van der Waals surface area contributed by atoms with Crippen molar-refractivity contribution in [3.63, 3.8) is 0 Å². The number of thiophene rings is 1. The molecule has 0 aliphatic heterocycles. The van der Waals surface area contributed by atoms with Crippen molar-refractivity contribution in [1.82, 2.24) is 4.57 Å². The van der Waals surface area contributed by atoms with Crippen LogP contribution in [0.1, 0.15) is 25.3 Å². The third kappa shape index (κ3) is 6.83. The van der Waals surface area contributed by atoms with Crippen LogP contribution >= 0.6 is 11.3 Å². The fourth-order valence-electron chi connectivity index (χ4n) is 8.05. The fourth-order valence-corrected chi connectivity index (χ4v) is 9.34. The number of hydrogen-bond donors (Lipinski definition) is 3. The number of allylic oxidation sites excluding steroid dienone is 5. The molecule has 7 nitrogen and oxygen atoms in total. The van der Waals surface area contributed by atoms with Crippen molar-refractivity contribution < 1.29 is 15.3 Å². The zero-order valence-electron chi connectivity index (χ0n) is 32.7.